The van der Waals surface area contributed by atoms with Gasteiger partial charge in [0.15, 0.2) is 0 Å². The molecule has 0 spiro atoms. The van der Waals surface area contributed by atoms with Crippen molar-refractivity contribution in [2.45, 2.75) is 58.0 Å². The molecule has 0 bridgehead atoms. The number of alkyl halides is 3. The van der Waals surface area contributed by atoms with E-state index in [2.05, 4.69) is 0 Å². The zero-order valence-electron chi connectivity index (χ0n) is 9.54. The van der Waals surface area contributed by atoms with E-state index in [0.29, 0.717) is 19.3 Å². The Morgan fingerprint density at radius 3 is 2.19 bits per heavy atom. The largest absolute Gasteiger partial charge is 0.442 e. The van der Waals surface area contributed by atoms with Crippen LogP contribution in [-0.2, 0) is 0 Å². The number of hydrogen-bond acceptors (Lipinski definition) is 0. The van der Waals surface area contributed by atoms with Gasteiger partial charge in [-0.25, -0.2) is 4.39 Å². The summed E-state index contributed by atoms with van der Waals surface area (Å²) in [5, 5.41) is 0. The van der Waals surface area contributed by atoms with Crippen LogP contribution in [0, 0.1) is 5.92 Å². The highest BCUT2D eigenvalue weighted by Gasteiger charge is 2.39. The summed E-state index contributed by atoms with van der Waals surface area (Å²) in [5.74, 6) is -2.00. The van der Waals surface area contributed by atoms with E-state index in [1.165, 1.54) is 0 Å². The summed E-state index contributed by atoms with van der Waals surface area (Å²) in [6.45, 7) is 1.90. The highest BCUT2D eigenvalue weighted by Crippen LogP contribution is 2.40. The van der Waals surface area contributed by atoms with Gasteiger partial charge in [-0.05, 0) is 37.2 Å². The molecule has 0 radical (unpaired) electrons. The van der Waals surface area contributed by atoms with Crippen LogP contribution in [0.5, 0.6) is 0 Å². The first-order chi connectivity index (χ1) is 7.46. The zero-order chi connectivity index (χ0) is 12.2. The summed E-state index contributed by atoms with van der Waals surface area (Å²) in [6.07, 6.45) is 0.150. The second-order valence-electron chi connectivity index (χ2n) is 4.42. The van der Waals surface area contributed by atoms with Gasteiger partial charge in [0, 0.05) is 0 Å². The molecule has 0 saturated heterocycles. The first-order valence-electron chi connectivity index (χ1n) is 5.92. The molecule has 1 fully saturated rings. The Hall–Kier alpha value is -0.540. The van der Waals surface area contributed by atoms with Crippen LogP contribution in [0.3, 0.4) is 0 Å². The average molecular weight is 238 g/mol. The van der Waals surface area contributed by atoms with Crippen molar-refractivity contribution in [3.05, 3.63) is 11.4 Å². The lowest BCUT2D eigenvalue weighted by molar-refractivity contribution is -0.110. The molecule has 4 heteroatoms. The zero-order valence-corrected chi connectivity index (χ0v) is 9.54. The lowest BCUT2D eigenvalue weighted by Gasteiger charge is -2.17. The van der Waals surface area contributed by atoms with Gasteiger partial charge in [0.05, 0.1) is 0 Å². The molecule has 0 aromatic carbocycles. The van der Waals surface area contributed by atoms with Crippen molar-refractivity contribution >= 4 is 0 Å². The monoisotopic (exact) mass is 238 g/mol. The first-order valence-corrected chi connectivity index (χ1v) is 5.92. The van der Waals surface area contributed by atoms with Crippen molar-refractivity contribution in [3.8, 4) is 0 Å². The molecule has 1 rings (SSSR count). The van der Waals surface area contributed by atoms with Gasteiger partial charge >= 0.3 is 6.18 Å². The maximum atomic E-state index is 13.3. The lowest BCUT2D eigenvalue weighted by Crippen LogP contribution is -2.14. The molecule has 0 aliphatic heterocycles. The Labute approximate surface area is 93.7 Å². The van der Waals surface area contributed by atoms with E-state index in [1.807, 2.05) is 6.92 Å². The second-order valence-corrected chi connectivity index (χ2v) is 4.42. The summed E-state index contributed by atoms with van der Waals surface area (Å²) < 4.78 is 50.3. The van der Waals surface area contributed by atoms with Gasteiger partial charge < -0.3 is 0 Å². The molecule has 1 aliphatic rings. The number of halogens is 4. The number of rotatable bonds is 4. The normalized spacial score (nSPS) is 20.1. The highest BCUT2D eigenvalue weighted by atomic mass is 19.4. The van der Waals surface area contributed by atoms with E-state index < -0.39 is 12.0 Å². The van der Waals surface area contributed by atoms with E-state index in [1.54, 1.807) is 0 Å². The minimum absolute atomic E-state index is 0.0202. The molecular weight excluding hydrogens is 220 g/mol. The van der Waals surface area contributed by atoms with Crippen LogP contribution in [0.4, 0.5) is 17.6 Å². The topological polar surface area (TPSA) is 0 Å². The summed E-state index contributed by atoms with van der Waals surface area (Å²) in [7, 11) is 0. The smallest absolute Gasteiger partial charge is 0.202 e. The maximum Gasteiger partial charge on any atom is 0.442 e. The molecule has 0 aromatic rings. The Morgan fingerprint density at radius 1 is 1.19 bits per heavy atom. The quantitative estimate of drug-likeness (QED) is 0.594. The van der Waals surface area contributed by atoms with E-state index in [-0.39, 0.29) is 17.9 Å². The van der Waals surface area contributed by atoms with E-state index >= 15 is 0 Å². The second kappa shape index (κ2) is 5.69. The molecule has 0 amide bonds. The molecule has 1 aliphatic carbocycles. The van der Waals surface area contributed by atoms with Crippen molar-refractivity contribution in [2.75, 3.05) is 0 Å². The maximum absolute atomic E-state index is 13.3. The van der Waals surface area contributed by atoms with Crippen molar-refractivity contribution in [3.63, 3.8) is 0 Å². The molecule has 0 heterocycles. The van der Waals surface area contributed by atoms with Crippen LogP contribution in [-0.4, -0.2) is 6.18 Å². The summed E-state index contributed by atoms with van der Waals surface area (Å²) >= 11 is 0. The minimum Gasteiger partial charge on any atom is -0.202 e. The molecule has 94 valence electrons. The summed E-state index contributed by atoms with van der Waals surface area (Å²) in [4.78, 5) is 0. The van der Waals surface area contributed by atoms with Gasteiger partial charge in [0.1, 0.15) is 0 Å². The third-order valence-corrected chi connectivity index (χ3v) is 3.18. The fourth-order valence-electron chi connectivity index (χ4n) is 2.32. The average Bonchev–Trinajstić information content (AvgIpc) is 2.70. The molecular formula is C12H18F4. The summed E-state index contributed by atoms with van der Waals surface area (Å²) in [6, 6.07) is 0. The van der Waals surface area contributed by atoms with Gasteiger partial charge in [-0.2, -0.15) is 13.2 Å². The Bertz CT molecular complexity index is 246. The van der Waals surface area contributed by atoms with Crippen molar-refractivity contribution in [2.24, 2.45) is 5.92 Å². The fraction of sp³-hybridized carbons (Fsp3) is 0.833. The van der Waals surface area contributed by atoms with Crippen molar-refractivity contribution < 1.29 is 17.6 Å². The standard InChI is InChI=1S/C12H18F4/c1-2-3-8-10(9-6-4-5-7-9)11(13)12(14,15)16/h9H,2-8H2,1H3/b11-10+. The number of unbranched alkanes of at least 4 members (excludes halogenated alkanes) is 1. The minimum atomic E-state index is -4.80. The van der Waals surface area contributed by atoms with Gasteiger partial charge in [-0.1, -0.05) is 26.2 Å². The van der Waals surface area contributed by atoms with Crippen LogP contribution in [0.2, 0.25) is 0 Å². The number of hydrogen-bond donors (Lipinski definition) is 0. The van der Waals surface area contributed by atoms with Crippen LogP contribution < -0.4 is 0 Å². The predicted molar refractivity (Wildman–Crippen MR) is 55.7 cm³/mol. The van der Waals surface area contributed by atoms with Crippen LogP contribution >= 0.6 is 0 Å². The van der Waals surface area contributed by atoms with Gasteiger partial charge in [-0.15, -0.1) is 0 Å². The predicted octanol–water partition coefficient (Wildman–Crippen LogP) is 5.15. The van der Waals surface area contributed by atoms with E-state index in [4.69, 9.17) is 0 Å². The van der Waals surface area contributed by atoms with Crippen LogP contribution in [0.25, 0.3) is 0 Å². The van der Waals surface area contributed by atoms with Crippen LogP contribution in [0.1, 0.15) is 51.9 Å². The van der Waals surface area contributed by atoms with Gasteiger partial charge in [0.2, 0.25) is 5.83 Å². The molecule has 16 heavy (non-hydrogen) atoms. The molecule has 1 saturated carbocycles. The number of allylic oxidation sites excluding steroid dienone is 2. The molecule has 0 unspecified atom stereocenters. The lowest BCUT2D eigenvalue weighted by atomic mass is 9.92. The Balaban J connectivity index is 2.84. The third-order valence-electron chi connectivity index (χ3n) is 3.18. The first kappa shape index (κ1) is 13.5. The fourth-order valence-corrected chi connectivity index (χ4v) is 2.32. The van der Waals surface area contributed by atoms with Crippen molar-refractivity contribution in [1.29, 1.82) is 0 Å². The summed E-state index contributed by atoms with van der Waals surface area (Å²) in [5.41, 5.74) is 0.0202. The third kappa shape index (κ3) is 3.49. The van der Waals surface area contributed by atoms with Gasteiger partial charge in [0.25, 0.3) is 0 Å². The molecule has 0 atom stereocenters. The van der Waals surface area contributed by atoms with Gasteiger partial charge in [-0.3, -0.25) is 0 Å². The molecule has 0 nitrogen and oxygen atoms in total. The molecule has 0 aromatic heterocycles. The van der Waals surface area contributed by atoms with E-state index in [0.717, 1.165) is 19.3 Å². The Morgan fingerprint density at radius 2 is 1.75 bits per heavy atom. The highest BCUT2D eigenvalue weighted by molar-refractivity contribution is 5.16. The van der Waals surface area contributed by atoms with Crippen molar-refractivity contribution in [1.82, 2.24) is 0 Å². The Kier molecular flexibility index (Phi) is 4.81. The van der Waals surface area contributed by atoms with E-state index in [9.17, 15) is 17.6 Å². The van der Waals surface area contributed by atoms with Crippen LogP contribution in [0.15, 0.2) is 11.4 Å². The molecule has 0 N–H and O–H groups in total. The SMILES string of the molecule is CCCC/C(=C(\F)C(F)(F)F)C1CCCC1.